The number of carbonyl (C=O) groups is 1. The first-order chi connectivity index (χ1) is 10.8. The van der Waals surface area contributed by atoms with E-state index in [0.717, 1.165) is 55.9 Å². The fourth-order valence-electron chi connectivity index (χ4n) is 3.05. The summed E-state index contributed by atoms with van der Waals surface area (Å²) in [5.74, 6) is 2.00. The Hall–Kier alpha value is -2.11. The fourth-order valence-corrected chi connectivity index (χ4v) is 3.05. The first-order valence-electron chi connectivity index (χ1n) is 7.99. The largest absolute Gasteiger partial charge is 0.360 e. The zero-order valence-corrected chi connectivity index (χ0v) is 12.6. The third-order valence-corrected chi connectivity index (χ3v) is 4.51. The van der Waals surface area contributed by atoms with Gasteiger partial charge in [0, 0.05) is 24.6 Å². The number of likely N-dealkylation sites (tertiary alicyclic amines) is 1. The Morgan fingerprint density at radius 2 is 2.05 bits per heavy atom. The molecule has 1 atom stereocenters. The van der Waals surface area contributed by atoms with E-state index in [-0.39, 0.29) is 11.9 Å². The van der Waals surface area contributed by atoms with E-state index in [4.69, 9.17) is 9.05 Å². The number of aryl methyl sites for hydroxylation is 1. The van der Waals surface area contributed by atoms with Gasteiger partial charge in [-0.15, -0.1) is 0 Å². The maximum atomic E-state index is 12.7. The van der Waals surface area contributed by atoms with Crippen molar-refractivity contribution < 1.29 is 13.8 Å². The molecule has 1 saturated carbocycles. The summed E-state index contributed by atoms with van der Waals surface area (Å²) in [5.41, 5.74) is 1.33. The number of amides is 1. The summed E-state index contributed by atoms with van der Waals surface area (Å²) in [7, 11) is 0. The Bertz CT molecular complexity index is 686. The zero-order valence-electron chi connectivity index (χ0n) is 12.6. The van der Waals surface area contributed by atoms with Crippen LogP contribution in [-0.2, 0) is 6.42 Å². The lowest BCUT2D eigenvalue weighted by atomic mass is 10.1. The molecule has 6 nitrogen and oxygen atoms in total. The molecule has 0 spiro atoms. The minimum Gasteiger partial charge on any atom is -0.360 e. The third-order valence-electron chi connectivity index (χ3n) is 4.51. The molecule has 0 N–H and O–H groups in total. The van der Waals surface area contributed by atoms with Crippen molar-refractivity contribution in [3.63, 3.8) is 0 Å². The van der Waals surface area contributed by atoms with Crippen molar-refractivity contribution in [1.82, 2.24) is 15.2 Å². The smallest absolute Gasteiger partial charge is 0.276 e. The molecule has 1 aliphatic carbocycles. The van der Waals surface area contributed by atoms with Crippen LogP contribution >= 0.6 is 0 Å². The molecule has 116 valence electrons. The van der Waals surface area contributed by atoms with E-state index in [9.17, 15) is 4.79 Å². The molecule has 2 aromatic heterocycles. The summed E-state index contributed by atoms with van der Waals surface area (Å²) >= 11 is 0. The van der Waals surface area contributed by atoms with Gasteiger partial charge in [-0.3, -0.25) is 4.79 Å². The van der Waals surface area contributed by atoms with Gasteiger partial charge in [-0.2, -0.15) is 0 Å². The molecule has 2 aromatic rings. The average molecular weight is 301 g/mol. The summed E-state index contributed by atoms with van der Waals surface area (Å²) in [5, 5.41) is 7.99. The van der Waals surface area contributed by atoms with Gasteiger partial charge in [-0.05, 0) is 32.1 Å². The molecule has 1 amide bonds. The monoisotopic (exact) mass is 301 g/mol. The highest BCUT2D eigenvalue weighted by atomic mass is 16.5. The van der Waals surface area contributed by atoms with Crippen molar-refractivity contribution in [1.29, 1.82) is 0 Å². The van der Waals surface area contributed by atoms with Crippen molar-refractivity contribution in [3.8, 4) is 0 Å². The lowest BCUT2D eigenvalue weighted by molar-refractivity contribution is 0.0704. The molecule has 1 aliphatic heterocycles. The van der Waals surface area contributed by atoms with Crippen molar-refractivity contribution >= 4 is 5.91 Å². The number of aromatic nitrogens is 2. The van der Waals surface area contributed by atoms with Crippen molar-refractivity contribution in [2.45, 2.75) is 51.0 Å². The predicted octanol–water partition coefficient (Wildman–Crippen LogP) is 3.08. The summed E-state index contributed by atoms with van der Waals surface area (Å²) < 4.78 is 10.7. The van der Waals surface area contributed by atoms with Gasteiger partial charge < -0.3 is 13.9 Å². The minimum absolute atomic E-state index is 0.0404. The van der Waals surface area contributed by atoms with E-state index in [1.807, 2.05) is 17.9 Å². The van der Waals surface area contributed by atoms with Crippen LogP contribution in [0.2, 0.25) is 0 Å². The lowest BCUT2D eigenvalue weighted by Crippen LogP contribution is -2.30. The Balaban J connectivity index is 1.55. The number of hydrogen-bond donors (Lipinski definition) is 0. The van der Waals surface area contributed by atoms with Gasteiger partial charge in [0.15, 0.2) is 11.5 Å². The normalized spacial score (nSPS) is 21.5. The summed E-state index contributed by atoms with van der Waals surface area (Å²) in [6.07, 6.45) is 4.96. The lowest BCUT2D eigenvalue weighted by Gasteiger charge is -2.21. The first kappa shape index (κ1) is 13.5. The number of rotatable bonds is 4. The van der Waals surface area contributed by atoms with E-state index >= 15 is 0 Å². The zero-order chi connectivity index (χ0) is 15.1. The van der Waals surface area contributed by atoms with E-state index in [1.165, 1.54) is 0 Å². The van der Waals surface area contributed by atoms with Crippen LogP contribution in [0.25, 0.3) is 0 Å². The average Bonchev–Trinajstić information content (AvgIpc) is 3.02. The van der Waals surface area contributed by atoms with Gasteiger partial charge in [0.1, 0.15) is 5.76 Å². The summed E-state index contributed by atoms with van der Waals surface area (Å²) in [6.45, 7) is 2.76. The Morgan fingerprint density at radius 3 is 2.77 bits per heavy atom. The SMILES string of the molecule is CCc1cc(C2CCCN2C(=O)c2cc(C3CC3)on2)on1. The first-order valence-corrected chi connectivity index (χ1v) is 7.99. The molecule has 0 radical (unpaired) electrons. The number of hydrogen-bond acceptors (Lipinski definition) is 5. The van der Waals surface area contributed by atoms with Crippen molar-refractivity contribution in [2.75, 3.05) is 6.54 Å². The maximum Gasteiger partial charge on any atom is 0.276 e. The molecule has 6 heteroatoms. The molecule has 22 heavy (non-hydrogen) atoms. The second kappa shape index (κ2) is 5.26. The van der Waals surface area contributed by atoms with Crippen LogP contribution in [0.4, 0.5) is 0 Å². The van der Waals surface area contributed by atoms with Crippen LogP contribution in [0.5, 0.6) is 0 Å². The molecule has 1 unspecified atom stereocenters. The highest BCUT2D eigenvalue weighted by molar-refractivity contribution is 5.92. The molecular weight excluding hydrogens is 282 g/mol. The highest BCUT2D eigenvalue weighted by Gasteiger charge is 2.36. The minimum atomic E-state index is -0.0763. The molecular formula is C16H19N3O3. The molecule has 1 saturated heterocycles. The van der Waals surface area contributed by atoms with E-state index in [0.29, 0.717) is 11.6 Å². The van der Waals surface area contributed by atoms with Crippen LogP contribution < -0.4 is 0 Å². The molecule has 2 fully saturated rings. The third kappa shape index (κ3) is 2.32. The van der Waals surface area contributed by atoms with Gasteiger partial charge in [-0.1, -0.05) is 17.2 Å². The second-order valence-corrected chi connectivity index (χ2v) is 6.12. The quantitative estimate of drug-likeness (QED) is 0.867. The van der Waals surface area contributed by atoms with Gasteiger partial charge in [0.25, 0.3) is 5.91 Å². The van der Waals surface area contributed by atoms with Gasteiger partial charge in [0.05, 0.1) is 11.7 Å². The Morgan fingerprint density at radius 1 is 1.23 bits per heavy atom. The molecule has 4 rings (SSSR count). The number of nitrogens with zero attached hydrogens (tertiary/aromatic N) is 3. The van der Waals surface area contributed by atoms with Gasteiger partial charge in [0.2, 0.25) is 0 Å². The summed E-state index contributed by atoms with van der Waals surface area (Å²) in [6, 6.07) is 3.71. The van der Waals surface area contributed by atoms with E-state index in [2.05, 4.69) is 10.3 Å². The molecule has 2 aliphatic rings. The predicted molar refractivity (Wildman–Crippen MR) is 77.4 cm³/mol. The summed E-state index contributed by atoms with van der Waals surface area (Å²) in [4.78, 5) is 14.5. The van der Waals surface area contributed by atoms with Crippen LogP contribution in [0.3, 0.4) is 0 Å². The van der Waals surface area contributed by atoms with E-state index < -0.39 is 0 Å². The van der Waals surface area contributed by atoms with Gasteiger partial charge >= 0.3 is 0 Å². The van der Waals surface area contributed by atoms with Crippen LogP contribution in [0.1, 0.15) is 72.3 Å². The molecule has 3 heterocycles. The standard InChI is InChI=1S/C16H19N3O3/c1-2-11-8-15(22-17-11)13-4-3-7-19(13)16(20)12-9-14(21-18-12)10-5-6-10/h8-10,13H,2-7H2,1H3. The number of carbonyl (C=O) groups excluding carboxylic acids is 1. The van der Waals surface area contributed by atoms with Crippen LogP contribution in [0, 0.1) is 0 Å². The van der Waals surface area contributed by atoms with E-state index in [1.54, 1.807) is 6.07 Å². The van der Waals surface area contributed by atoms with Crippen molar-refractivity contribution in [2.24, 2.45) is 0 Å². The van der Waals surface area contributed by atoms with Crippen LogP contribution in [-0.4, -0.2) is 27.7 Å². The highest BCUT2D eigenvalue weighted by Crippen LogP contribution is 2.40. The van der Waals surface area contributed by atoms with Gasteiger partial charge in [-0.25, -0.2) is 0 Å². The Labute approximate surface area is 128 Å². The topological polar surface area (TPSA) is 72.4 Å². The molecule has 0 aromatic carbocycles. The van der Waals surface area contributed by atoms with Crippen LogP contribution in [0.15, 0.2) is 21.2 Å². The second-order valence-electron chi connectivity index (χ2n) is 6.12. The van der Waals surface area contributed by atoms with Crippen molar-refractivity contribution in [3.05, 3.63) is 35.0 Å². The maximum absolute atomic E-state index is 12.7. The molecule has 0 bridgehead atoms. The Kier molecular flexibility index (Phi) is 3.24. The fraction of sp³-hybridized carbons (Fsp3) is 0.562.